The predicted molar refractivity (Wildman–Crippen MR) is 90.0 cm³/mol. The van der Waals surface area contributed by atoms with Crippen molar-refractivity contribution in [3.05, 3.63) is 35.9 Å². The molecule has 0 saturated heterocycles. The summed E-state index contributed by atoms with van der Waals surface area (Å²) in [6.45, 7) is 5.51. The molecule has 1 aromatic carbocycles. The number of carboxylic acids is 1. The fourth-order valence-electron chi connectivity index (χ4n) is 2.24. The van der Waals surface area contributed by atoms with Gasteiger partial charge in [-0.25, -0.2) is 0 Å². The largest absolute Gasteiger partial charge is 0.481 e. The Kier molecular flexibility index (Phi) is 7.38. The summed E-state index contributed by atoms with van der Waals surface area (Å²) >= 11 is 0. The maximum absolute atomic E-state index is 12.3. The van der Waals surface area contributed by atoms with E-state index in [-0.39, 0.29) is 17.9 Å². The van der Waals surface area contributed by atoms with Crippen molar-refractivity contribution < 1.29 is 19.5 Å². The van der Waals surface area contributed by atoms with E-state index in [4.69, 9.17) is 10.8 Å². The van der Waals surface area contributed by atoms with Crippen LogP contribution in [0.5, 0.6) is 0 Å². The van der Waals surface area contributed by atoms with Crippen LogP contribution in [-0.2, 0) is 14.4 Å². The first-order chi connectivity index (χ1) is 11.2. The van der Waals surface area contributed by atoms with Crippen molar-refractivity contribution >= 4 is 17.8 Å². The Morgan fingerprint density at radius 3 is 2.12 bits per heavy atom. The first-order valence-electron chi connectivity index (χ1n) is 7.85. The van der Waals surface area contributed by atoms with Crippen LogP contribution in [-0.4, -0.2) is 35.0 Å². The van der Waals surface area contributed by atoms with E-state index >= 15 is 0 Å². The fourth-order valence-corrected chi connectivity index (χ4v) is 2.24. The van der Waals surface area contributed by atoms with Crippen molar-refractivity contribution in [2.45, 2.75) is 45.3 Å². The molecule has 1 aromatic rings. The minimum Gasteiger partial charge on any atom is -0.481 e. The van der Waals surface area contributed by atoms with Crippen LogP contribution in [0.15, 0.2) is 30.3 Å². The van der Waals surface area contributed by atoms with Crippen LogP contribution in [0, 0.1) is 5.92 Å². The lowest BCUT2D eigenvalue weighted by Crippen LogP contribution is -2.51. The Balaban J connectivity index is 2.67. The molecule has 0 aliphatic rings. The lowest BCUT2D eigenvalue weighted by molar-refractivity contribution is -0.139. The second-order valence-electron chi connectivity index (χ2n) is 6.08. The molecule has 3 atom stereocenters. The van der Waals surface area contributed by atoms with Crippen LogP contribution in [0.25, 0.3) is 0 Å². The van der Waals surface area contributed by atoms with E-state index in [1.165, 1.54) is 6.92 Å². The average Bonchev–Trinajstić information content (AvgIpc) is 2.51. The Labute approximate surface area is 141 Å². The number of amides is 2. The van der Waals surface area contributed by atoms with Gasteiger partial charge in [-0.05, 0) is 18.4 Å². The van der Waals surface area contributed by atoms with E-state index in [1.807, 2.05) is 44.2 Å². The van der Waals surface area contributed by atoms with Gasteiger partial charge in [0.15, 0.2) is 0 Å². The van der Waals surface area contributed by atoms with Gasteiger partial charge in [0.05, 0.1) is 18.5 Å². The van der Waals surface area contributed by atoms with Crippen LogP contribution in [0.2, 0.25) is 0 Å². The third-order valence-corrected chi connectivity index (χ3v) is 3.61. The predicted octanol–water partition coefficient (Wildman–Crippen LogP) is 0.807. The van der Waals surface area contributed by atoms with E-state index < -0.39 is 30.4 Å². The number of aliphatic carboxylic acids is 1. The Hall–Kier alpha value is -2.41. The number of benzene rings is 1. The molecule has 5 N–H and O–H groups in total. The highest BCUT2D eigenvalue weighted by molar-refractivity contribution is 5.91. The summed E-state index contributed by atoms with van der Waals surface area (Å²) in [6.07, 6.45) is -0.487. The molecule has 7 nitrogen and oxygen atoms in total. The summed E-state index contributed by atoms with van der Waals surface area (Å²) < 4.78 is 0. The van der Waals surface area contributed by atoms with Gasteiger partial charge in [0.25, 0.3) is 0 Å². The molecule has 24 heavy (non-hydrogen) atoms. The molecule has 0 aliphatic heterocycles. The Morgan fingerprint density at radius 2 is 1.62 bits per heavy atom. The normalized spacial score (nSPS) is 14.5. The molecule has 0 radical (unpaired) electrons. The highest BCUT2D eigenvalue weighted by Crippen LogP contribution is 2.21. The van der Waals surface area contributed by atoms with Gasteiger partial charge in [-0.1, -0.05) is 44.2 Å². The van der Waals surface area contributed by atoms with Gasteiger partial charge in [-0.3, -0.25) is 14.4 Å². The van der Waals surface area contributed by atoms with Crippen molar-refractivity contribution in [3.8, 4) is 0 Å². The van der Waals surface area contributed by atoms with Gasteiger partial charge in [-0.2, -0.15) is 0 Å². The van der Waals surface area contributed by atoms with Crippen molar-refractivity contribution in [2.75, 3.05) is 0 Å². The third kappa shape index (κ3) is 6.00. The SMILES string of the molecule is CC(C)C(NC(=O)[C@@H](C)NC(=O)[C@@H](N)CC(=O)O)c1ccccc1. The van der Waals surface area contributed by atoms with E-state index in [0.29, 0.717) is 0 Å². The van der Waals surface area contributed by atoms with E-state index in [0.717, 1.165) is 5.56 Å². The van der Waals surface area contributed by atoms with Crippen molar-refractivity contribution in [1.29, 1.82) is 0 Å². The lowest BCUT2D eigenvalue weighted by Gasteiger charge is -2.25. The summed E-state index contributed by atoms with van der Waals surface area (Å²) in [4.78, 5) is 34.7. The maximum atomic E-state index is 12.3. The summed E-state index contributed by atoms with van der Waals surface area (Å²) in [5.74, 6) is -2.03. The average molecular weight is 335 g/mol. The molecule has 0 saturated carbocycles. The minimum absolute atomic E-state index is 0.161. The second kappa shape index (κ2) is 9.02. The number of carbonyl (C=O) groups is 3. The van der Waals surface area contributed by atoms with Gasteiger partial charge in [0.1, 0.15) is 6.04 Å². The van der Waals surface area contributed by atoms with E-state index in [9.17, 15) is 14.4 Å². The molecule has 0 heterocycles. The number of carbonyl (C=O) groups excluding carboxylic acids is 2. The number of nitrogens with one attached hydrogen (secondary N) is 2. The summed E-state index contributed by atoms with van der Waals surface area (Å²) in [7, 11) is 0. The molecular weight excluding hydrogens is 310 g/mol. The van der Waals surface area contributed by atoms with Crippen LogP contribution in [0.4, 0.5) is 0 Å². The molecule has 132 valence electrons. The molecule has 0 aromatic heterocycles. The monoisotopic (exact) mass is 335 g/mol. The smallest absolute Gasteiger partial charge is 0.305 e. The van der Waals surface area contributed by atoms with Crippen LogP contribution < -0.4 is 16.4 Å². The number of rotatable bonds is 8. The summed E-state index contributed by atoms with van der Waals surface area (Å²) in [5.41, 5.74) is 6.46. The Bertz CT molecular complexity index is 574. The lowest BCUT2D eigenvalue weighted by atomic mass is 9.96. The fraction of sp³-hybridized carbons (Fsp3) is 0.471. The van der Waals surface area contributed by atoms with Gasteiger partial charge < -0.3 is 21.5 Å². The molecular formula is C17H25N3O4. The summed E-state index contributed by atoms with van der Waals surface area (Å²) in [6, 6.07) is 7.35. The number of hydrogen-bond acceptors (Lipinski definition) is 4. The minimum atomic E-state index is -1.19. The summed E-state index contributed by atoms with van der Waals surface area (Å²) in [5, 5.41) is 14.0. The zero-order valence-corrected chi connectivity index (χ0v) is 14.2. The van der Waals surface area contributed by atoms with Gasteiger partial charge in [0, 0.05) is 0 Å². The molecule has 1 unspecified atom stereocenters. The number of carboxylic acid groups (broad SMARTS) is 1. The van der Waals surface area contributed by atoms with Crippen LogP contribution in [0.3, 0.4) is 0 Å². The quantitative estimate of drug-likeness (QED) is 0.560. The van der Waals surface area contributed by atoms with Gasteiger partial charge in [0.2, 0.25) is 11.8 Å². The molecule has 7 heteroatoms. The molecule has 0 spiro atoms. The molecule has 1 rings (SSSR count). The van der Waals surface area contributed by atoms with Crippen LogP contribution >= 0.6 is 0 Å². The van der Waals surface area contributed by atoms with Gasteiger partial charge >= 0.3 is 5.97 Å². The zero-order valence-electron chi connectivity index (χ0n) is 14.2. The highest BCUT2D eigenvalue weighted by atomic mass is 16.4. The van der Waals surface area contributed by atoms with Crippen LogP contribution in [0.1, 0.15) is 38.8 Å². The highest BCUT2D eigenvalue weighted by Gasteiger charge is 2.25. The second-order valence-corrected chi connectivity index (χ2v) is 6.08. The van der Waals surface area contributed by atoms with Crippen molar-refractivity contribution in [1.82, 2.24) is 10.6 Å². The molecule has 0 fully saturated rings. The first kappa shape index (κ1) is 19.6. The topological polar surface area (TPSA) is 122 Å². The third-order valence-electron chi connectivity index (χ3n) is 3.61. The van der Waals surface area contributed by atoms with Crippen molar-refractivity contribution in [3.63, 3.8) is 0 Å². The standard InChI is InChI=1S/C17H25N3O4/c1-10(2)15(12-7-5-4-6-8-12)20-16(23)11(3)19-17(24)13(18)9-14(21)22/h4-8,10-11,13,15H,9,18H2,1-3H3,(H,19,24)(H,20,23)(H,21,22)/t11-,13+,15?/m1/s1. The number of nitrogens with two attached hydrogens (primary N) is 1. The molecule has 0 bridgehead atoms. The first-order valence-corrected chi connectivity index (χ1v) is 7.85. The zero-order chi connectivity index (χ0) is 18.3. The molecule has 0 aliphatic carbocycles. The van der Waals surface area contributed by atoms with E-state index in [2.05, 4.69) is 10.6 Å². The van der Waals surface area contributed by atoms with Gasteiger partial charge in [-0.15, -0.1) is 0 Å². The van der Waals surface area contributed by atoms with Crippen molar-refractivity contribution in [2.24, 2.45) is 11.7 Å². The maximum Gasteiger partial charge on any atom is 0.305 e. The Morgan fingerprint density at radius 1 is 1.04 bits per heavy atom. The van der Waals surface area contributed by atoms with E-state index in [1.54, 1.807) is 0 Å². The number of hydrogen-bond donors (Lipinski definition) is 4. The molecule has 2 amide bonds.